The zero-order valence-corrected chi connectivity index (χ0v) is 11.9. The molecule has 0 aliphatic heterocycles. The van der Waals surface area contributed by atoms with Gasteiger partial charge in [-0.3, -0.25) is 4.98 Å². The maximum Gasteiger partial charge on any atom is 0.141 e. The Bertz CT molecular complexity index is 352. The van der Waals surface area contributed by atoms with Gasteiger partial charge in [0.25, 0.3) is 0 Å². The predicted octanol–water partition coefficient (Wildman–Crippen LogP) is 4.09. The molecule has 1 N–H and O–H groups in total. The van der Waals surface area contributed by atoms with Gasteiger partial charge in [-0.05, 0) is 37.8 Å². The fraction of sp³-hybridized carbons (Fsp3) is 0.667. The monoisotopic (exact) mass is 252 g/mol. The summed E-state index contributed by atoms with van der Waals surface area (Å²) in [7, 11) is 0. The van der Waals surface area contributed by atoms with Gasteiger partial charge in [0.15, 0.2) is 0 Å². The number of nitrogens with zero attached hydrogens (tertiary/aromatic N) is 1. The molecule has 1 aromatic rings. The summed E-state index contributed by atoms with van der Waals surface area (Å²) in [4.78, 5) is 3.88. The molecule has 0 radical (unpaired) electrons. The van der Waals surface area contributed by atoms with E-state index in [4.69, 9.17) is 0 Å². The number of rotatable bonds is 7. The minimum Gasteiger partial charge on any atom is -0.308 e. The van der Waals surface area contributed by atoms with E-state index in [0.717, 1.165) is 17.9 Å². The van der Waals surface area contributed by atoms with Crippen LogP contribution in [0.1, 0.15) is 58.6 Å². The Morgan fingerprint density at radius 3 is 2.50 bits per heavy atom. The topological polar surface area (TPSA) is 24.9 Å². The maximum atomic E-state index is 13.1. The van der Waals surface area contributed by atoms with Gasteiger partial charge in [-0.2, -0.15) is 0 Å². The third kappa shape index (κ3) is 5.58. The maximum absolute atomic E-state index is 13.1. The van der Waals surface area contributed by atoms with Crippen LogP contribution in [-0.4, -0.2) is 11.0 Å². The minimum absolute atomic E-state index is 0.141. The van der Waals surface area contributed by atoms with E-state index in [0.29, 0.717) is 6.04 Å². The van der Waals surface area contributed by atoms with Crippen molar-refractivity contribution >= 4 is 0 Å². The van der Waals surface area contributed by atoms with E-state index in [1.54, 1.807) is 12.3 Å². The number of aromatic nitrogens is 1. The molecule has 0 aromatic carbocycles. The summed E-state index contributed by atoms with van der Waals surface area (Å²) in [5.74, 6) is 0.496. The van der Waals surface area contributed by atoms with Crippen LogP contribution >= 0.6 is 0 Å². The summed E-state index contributed by atoms with van der Waals surface area (Å²) in [6, 6.07) is 2.13. The molecule has 0 spiro atoms. The lowest BCUT2D eigenvalue weighted by atomic mass is 10.0. The highest BCUT2D eigenvalue weighted by Crippen LogP contribution is 2.15. The normalized spacial score (nSPS) is 14.8. The Hall–Kier alpha value is -0.960. The average molecular weight is 252 g/mol. The number of halogens is 1. The molecule has 1 aromatic heterocycles. The van der Waals surface area contributed by atoms with Crippen molar-refractivity contribution in [2.75, 3.05) is 0 Å². The zero-order valence-electron chi connectivity index (χ0n) is 11.9. The molecule has 3 heteroatoms. The van der Waals surface area contributed by atoms with Crippen LogP contribution in [0.15, 0.2) is 18.5 Å². The van der Waals surface area contributed by atoms with E-state index in [-0.39, 0.29) is 11.9 Å². The summed E-state index contributed by atoms with van der Waals surface area (Å²) in [6.45, 7) is 8.73. The lowest BCUT2D eigenvalue weighted by molar-refractivity contribution is 0.422. The van der Waals surface area contributed by atoms with Gasteiger partial charge in [-0.15, -0.1) is 0 Å². The van der Waals surface area contributed by atoms with Gasteiger partial charge in [0.2, 0.25) is 0 Å². The molecule has 2 nitrogen and oxygen atoms in total. The lowest BCUT2D eigenvalue weighted by Crippen LogP contribution is -2.29. The lowest BCUT2D eigenvalue weighted by Gasteiger charge is -2.20. The molecule has 0 saturated carbocycles. The van der Waals surface area contributed by atoms with Crippen LogP contribution in [0.5, 0.6) is 0 Å². The molecule has 0 amide bonds. The Morgan fingerprint density at radius 2 is 1.89 bits per heavy atom. The van der Waals surface area contributed by atoms with Gasteiger partial charge in [-0.1, -0.05) is 26.7 Å². The molecule has 0 fully saturated rings. The molecule has 1 rings (SSSR count). The van der Waals surface area contributed by atoms with Gasteiger partial charge in [0.05, 0.1) is 6.20 Å². The van der Waals surface area contributed by atoms with Crippen molar-refractivity contribution in [1.29, 1.82) is 0 Å². The quantitative estimate of drug-likeness (QED) is 0.790. The van der Waals surface area contributed by atoms with Crippen LogP contribution in [0.4, 0.5) is 4.39 Å². The van der Waals surface area contributed by atoms with Gasteiger partial charge in [0.1, 0.15) is 5.82 Å². The second-order valence-corrected chi connectivity index (χ2v) is 5.55. The fourth-order valence-corrected chi connectivity index (χ4v) is 2.10. The number of nitrogens with one attached hydrogen (secondary N) is 1. The molecular formula is C15H25FN2. The largest absolute Gasteiger partial charge is 0.308 e. The van der Waals surface area contributed by atoms with Crippen molar-refractivity contribution in [1.82, 2.24) is 10.3 Å². The molecule has 18 heavy (non-hydrogen) atoms. The van der Waals surface area contributed by atoms with Crippen LogP contribution in [0.25, 0.3) is 0 Å². The standard InChI is InChI=1S/C15H25FN2/c1-11(2)6-5-7-12(3)18-13(4)14-8-15(16)10-17-9-14/h8-13,18H,5-7H2,1-4H3. The van der Waals surface area contributed by atoms with E-state index in [2.05, 4.69) is 38.0 Å². The Labute approximate surface area is 110 Å². The number of hydrogen-bond donors (Lipinski definition) is 1. The second-order valence-electron chi connectivity index (χ2n) is 5.55. The summed E-state index contributed by atoms with van der Waals surface area (Å²) in [5.41, 5.74) is 0.908. The molecule has 0 bridgehead atoms. The van der Waals surface area contributed by atoms with E-state index in [9.17, 15) is 4.39 Å². The second kappa shape index (κ2) is 7.47. The smallest absolute Gasteiger partial charge is 0.141 e. The first kappa shape index (κ1) is 15.1. The molecule has 0 saturated heterocycles. The first-order valence-electron chi connectivity index (χ1n) is 6.85. The predicted molar refractivity (Wildman–Crippen MR) is 73.9 cm³/mol. The van der Waals surface area contributed by atoms with Crippen LogP contribution in [0.3, 0.4) is 0 Å². The van der Waals surface area contributed by atoms with Crippen molar-refractivity contribution in [2.45, 2.75) is 59.0 Å². The Morgan fingerprint density at radius 1 is 1.17 bits per heavy atom. The zero-order chi connectivity index (χ0) is 13.5. The van der Waals surface area contributed by atoms with Gasteiger partial charge >= 0.3 is 0 Å². The highest BCUT2D eigenvalue weighted by atomic mass is 19.1. The Balaban J connectivity index is 2.37. The van der Waals surface area contributed by atoms with Crippen molar-refractivity contribution in [3.05, 3.63) is 29.8 Å². The van der Waals surface area contributed by atoms with Gasteiger partial charge < -0.3 is 5.32 Å². The summed E-state index contributed by atoms with van der Waals surface area (Å²) < 4.78 is 13.1. The number of hydrogen-bond acceptors (Lipinski definition) is 2. The van der Waals surface area contributed by atoms with Crippen molar-refractivity contribution in [3.8, 4) is 0 Å². The van der Waals surface area contributed by atoms with Crippen LogP contribution < -0.4 is 5.32 Å². The molecule has 2 atom stereocenters. The van der Waals surface area contributed by atoms with E-state index >= 15 is 0 Å². The summed E-state index contributed by atoms with van der Waals surface area (Å²) >= 11 is 0. The number of pyridine rings is 1. The molecule has 0 aliphatic rings. The fourth-order valence-electron chi connectivity index (χ4n) is 2.10. The van der Waals surface area contributed by atoms with E-state index < -0.39 is 0 Å². The highest BCUT2D eigenvalue weighted by molar-refractivity contribution is 5.14. The van der Waals surface area contributed by atoms with Crippen molar-refractivity contribution < 1.29 is 4.39 Å². The minimum atomic E-state index is -0.270. The van der Waals surface area contributed by atoms with Crippen LogP contribution in [0, 0.1) is 11.7 Å². The van der Waals surface area contributed by atoms with E-state index in [1.165, 1.54) is 19.0 Å². The molecule has 102 valence electrons. The first-order chi connectivity index (χ1) is 8.49. The van der Waals surface area contributed by atoms with Gasteiger partial charge in [-0.25, -0.2) is 4.39 Å². The van der Waals surface area contributed by atoms with Gasteiger partial charge in [0, 0.05) is 18.3 Å². The average Bonchev–Trinajstić information content (AvgIpc) is 2.28. The first-order valence-corrected chi connectivity index (χ1v) is 6.85. The van der Waals surface area contributed by atoms with Crippen LogP contribution in [0.2, 0.25) is 0 Å². The SMILES string of the molecule is CC(C)CCCC(C)NC(C)c1cncc(F)c1. The Kier molecular flexibility index (Phi) is 6.27. The highest BCUT2D eigenvalue weighted by Gasteiger charge is 2.10. The molecule has 1 heterocycles. The van der Waals surface area contributed by atoms with Crippen LogP contribution in [-0.2, 0) is 0 Å². The molecule has 0 aliphatic carbocycles. The molecule has 2 unspecified atom stereocenters. The summed E-state index contributed by atoms with van der Waals surface area (Å²) in [6.07, 6.45) is 6.62. The summed E-state index contributed by atoms with van der Waals surface area (Å²) in [5, 5.41) is 3.49. The third-order valence-electron chi connectivity index (χ3n) is 3.18. The third-order valence-corrected chi connectivity index (χ3v) is 3.18. The van der Waals surface area contributed by atoms with E-state index in [1.807, 2.05) is 0 Å². The van der Waals surface area contributed by atoms with Crippen molar-refractivity contribution in [3.63, 3.8) is 0 Å². The molecular weight excluding hydrogens is 227 g/mol. The van der Waals surface area contributed by atoms with Crippen molar-refractivity contribution in [2.24, 2.45) is 5.92 Å².